The zero-order chi connectivity index (χ0) is 29.4. The minimum absolute atomic E-state index is 0.0827. The molecule has 2 aliphatic carbocycles. The van der Waals surface area contributed by atoms with Crippen LogP contribution in [0.3, 0.4) is 0 Å². The van der Waals surface area contributed by atoms with Crippen LogP contribution in [0.4, 0.5) is 10.5 Å². The smallest absolute Gasteiger partial charge is 0.407 e. The first-order chi connectivity index (χ1) is 19.0. The van der Waals surface area contributed by atoms with Crippen molar-refractivity contribution in [3.8, 4) is 0 Å². The molecule has 1 aromatic rings. The van der Waals surface area contributed by atoms with Crippen LogP contribution >= 0.6 is 11.9 Å². The van der Waals surface area contributed by atoms with Crippen LogP contribution in [-0.4, -0.2) is 52.4 Å². The number of ether oxygens (including phenoxy) is 1. The van der Waals surface area contributed by atoms with Gasteiger partial charge in [0, 0.05) is 24.7 Å². The number of para-hydroxylation sites is 1. The molecule has 1 atom stereocenters. The molecule has 0 bridgehead atoms. The zero-order valence-electron chi connectivity index (χ0n) is 24.3. The van der Waals surface area contributed by atoms with Gasteiger partial charge in [-0.1, -0.05) is 50.7 Å². The second-order valence-electron chi connectivity index (χ2n) is 11.6. The molecule has 4 N–H and O–H groups in total. The van der Waals surface area contributed by atoms with Gasteiger partial charge in [0.1, 0.15) is 16.5 Å². The van der Waals surface area contributed by atoms with Gasteiger partial charge in [0.15, 0.2) is 0 Å². The van der Waals surface area contributed by atoms with E-state index in [-0.39, 0.29) is 5.69 Å². The molecule has 0 radical (unpaired) electrons. The Morgan fingerprint density at radius 3 is 2.12 bits per heavy atom. The summed E-state index contributed by atoms with van der Waals surface area (Å²) in [5.41, 5.74) is -0.652. The van der Waals surface area contributed by atoms with E-state index >= 15 is 0 Å². The number of aliphatic carboxylic acids is 1. The summed E-state index contributed by atoms with van der Waals surface area (Å²) < 4.78 is 7.87. The van der Waals surface area contributed by atoms with Crippen molar-refractivity contribution in [1.29, 1.82) is 0 Å². The Balaban J connectivity index is 0.000000355. The number of carbonyl (C=O) groups excluding carboxylic acids is 1. The van der Waals surface area contributed by atoms with E-state index in [1.807, 2.05) is 0 Å². The van der Waals surface area contributed by atoms with Crippen molar-refractivity contribution in [3.63, 3.8) is 0 Å². The normalized spacial score (nSPS) is 17.3. The molecule has 0 saturated heterocycles. The van der Waals surface area contributed by atoms with E-state index in [1.54, 1.807) is 39.0 Å². The van der Waals surface area contributed by atoms with E-state index in [4.69, 9.17) is 4.74 Å². The minimum atomic E-state index is -1.04. The number of carbonyl (C=O) groups is 2. The van der Waals surface area contributed by atoms with Crippen LogP contribution in [0.25, 0.3) is 0 Å². The lowest BCUT2D eigenvalue weighted by molar-refractivity contribution is -0.387. The third kappa shape index (κ3) is 14.3. The van der Waals surface area contributed by atoms with E-state index in [9.17, 15) is 24.8 Å². The van der Waals surface area contributed by atoms with Crippen LogP contribution in [0.1, 0.15) is 104 Å². The average Bonchev–Trinajstić information content (AvgIpc) is 2.90. The largest absolute Gasteiger partial charge is 0.480 e. The topological polar surface area (TPSA) is 143 Å². The van der Waals surface area contributed by atoms with Crippen molar-refractivity contribution in [2.24, 2.45) is 0 Å². The number of hydrogen-bond donors (Lipinski definition) is 4. The fraction of sp³-hybridized carbons (Fsp3) is 0.724. The summed E-state index contributed by atoms with van der Waals surface area (Å²) in [5.74, 6) is -1.04. The van der Waals surface area contributed by atoms with Crippen LogP contribution in [0.15, 0.2) is 29.2 Å². The standard InChI is InChI=1S/C17H25N3O6S.C12H23N/c1-17(2,3)26-16(23)18-11-7-6-8-12(15(21)22)19-27-14-10-5-4-9-13(14)20(24)25;1-3-7-11(8-4-1)13-12-9-5-2-6-10-12/h4-5,9-10,12,19H,6-8,11H2,1-3H3,(H,18,23)(H,21,22);11-13H,1-10H2/t12-;/m0./s1. The molecule has 10 nitrogen and oxygen atoms in total. The molecule has 226 valence electrons. The number of nitro groups is 1. The average molecular weight is 581 g/mol. The molecular formula is C29H48N4O6S. The summed E-state index contributed by atoms with van der Waals surface area (Å²) in [7, 11) is 0. The van der Waals surface area contributed by atoms with Crippen LogP contribution in [0.5, 0.6) is 0 Å². The Kier molecular flexibility index (Phi) is 15.3. The lowest BCUT2D eigenvalue weighted by Crippen LogP contribution is -2.40. The Bertz CT molecular complexity index is 898. The fourth-order valence-electron chi connectivity index (χ4n) is 4.91. The predicted octanol–water partition coefficient (Wildman–Crippen LogP) is 6.58. The number of hydrogen-bond acceptors (Lipinski definition) is 8. The monoisotopic (exact) mass is 580 g/mol. The second-order valence-corrected chi connectivity index (χ2v) is 12.5. The second kappa shape index (κ2) is 18.1. The molecule has 11 heteroatoms. The van der Waals surface area contributed by atoms with Gasteiger partial charge >= 0.3 is 12.1 Å². The maximum Gasteiger partial charge on any atom is 0.407 e. The Morgan fingerprint density at radius 2 is 1.60 bits per heavy atom. The van der Waals surface area contributed by atoms with Crippen molar-refractivity contribution < 1.29 is 24.4 Å². The van der Waals surface area contributed by atoms with Gasteiger partial charge in [-0.3, -0.25) is 14.9 Å². The first-order valence-corrected chi connectivity index (χ1v) is 15.5. The van der Waals surface area contributed by atoms with E-state index in [1.165, 1.54) is 70.3 Å². The number of rotatable bonds is 12. The van der Waals surface area contributed by atoms with Crippen molar-refractivity contribution in [2.75, 3.05) is 6.54 Å². The maximum atomic E-state index is 11.5. The van der Waals surface area contributed by atoms with Gasteiger partial charge in [-0.05, 0) is 83.7 Å². The van der Waals surface area contributed by atoms with Gasteiger partial charge in [-0.2, -0.15) is 0 Å². The van der Waals surface area contributed by atoms with Crippen LogP contribution < -0.4 is 15.4 Å². The number of nitro benzene ring substituents is 1. The highest BCUT2D eigenvalue weighted by molar-refractivity contribution is 7.97. The van der Waals surface area contributed by atoms with Crippen LogP contribution in [-0.2, 0) is 9.53 Å². The molecule has 2 aliphatic rings. The molecular weight excluding hydrogens is 532 g/mol. The minimum Gasteiger partial charge on any atom is -0.480 e. The third-order valence-corrected chi connectivity index (χ3v) is 7.91. The number of carboxylic acid groups (broad SMARTS) is 1. The molecule has 0 heterocycles. The summed E-state index contributed by atoms with van der Waals surface area (Å²) >= 11 is 0.925. The highest BCUT2D eigenvalue weighted by atomic mass is 32.2. The van der Waals surface area contributed by atoms with Gasteiger partial charge < -0.3 is 20.5 Å². The molecule has 2 fully saturated rings. The van der Waals surface area contributed by atoms with E-state index in [2.05, 4.69) is 15.4 Å². The SMILES string of the molecule is C1CCC(NC2CCCCC2)CC1.CC(C)(C)OC(=O)NCCCC[C@H](NSc1ccccc1[N+](=O)[O-])C(=O)O. The first-order valence-electron chi connectivity index (χ1n) is 14.7. The van der Waals surface area contributed by atoms with E-state index < -0.39 is 28.6 Å². The van der Waals surface area contributed by atoms with Gasteiger partial charge in [0.25, 0.3) is 5.69 Å². The summed E-state index contributed by atoms with van der Waals surface area (Å²) in [6.45, 7) is 5.68. The maximum absolute atomic E-state index is 11.5. The molecule has 0 spiro atoms. The lowest BCUT2D eigenvalue weighted by atomic mass is 9.91. The van der Waals surface area contributed by atoms with Crippen molar-refractivity contribution in [3.05, 3.63) is 34.4 Å². The summed E-state index contributed by atoms with van der Waals surface area (Å²) in [6, 6.07) is 7.00. The lowest BCUT2D eigenvalue weighted by Gasteiger charge is -2.30. The molecule has 3 rings (SSSR count). The van der Waals surface area contributed by atoms with Crippen molar-refractivity contribution in [2.45, 2.75) is 133 Å². The van der Waals surface area contributed by atoms with Gasteiger partial charge in [-0.15, -0.1) is 0 Å². The molecule has 0 unspecified atom stereocenters. The number of unbranched alkanes of at least 4 members (excludes halogenated alkanes) is 1. The Labute approximate surface area is 243 Å². The van der Waals surface area contributed by atoms with Gasteiger partial charge in [0.2, 0.25) is 0 Å². The predicted molar refractivity (Wildman–Crippen MR) is 158 cm³/mol. The quantitative estimate of drug-likeness (QED) is 0.0932. The molecule has 0 aromatic heterocycles. The molecule has 2 saturated carbocycles. The number of amides is 1. The van der Waals surface area contributed by atoms with Crippen LogP contribution in [0, 0.1) is 10.1 Å². The number of nitrogens with zero attached hydrogens (tertiary/aromatic N) is 1. The first kappa shape index (κ1) is 33.8. The molecule has 1 amide bonds. The summed E-state index contributed by atoms with van der Waals surface area (Å²) in [6.07, 6.45) is 15.5. The van der Waals surface area contributed by atoms with Gasteiger partial charge in [0.05, 0.1) is 4.92 Å². The fourth-order valence-corrected chi connectivity index (χ4v) is 5.79. The van der Waals surface area contributed by atoms with Crippen molar-refractivity contribution in [1.82, 2.24) is 15.4 Å². The highest BCUT2D eigenvalue weighted by Gasteiger charge is 2.21. The number of carboxylic acids is 1. The molecule has 1 aromatic carbocycles. The Hall–Kier alpha value is -2.37. The van der Waals surface area contributed by atoms with Crippen molar-refractivity contribution >= 4 is 29.7 Å². The number of alkyl carbamates (subject to hydrolysis) is 1. The molecule has 40 heavy (non-hydrogen) atoms. The van der Waals surface area contributed by atoms with E-state index in [0.717, 1.165) is 24.0 Å². The van der Waals surface area contributed by atoms with E-state index in [0.29, 0.717) is 30.7 Å². The zero-order valence-corrected chi connectivity index (χ0v) is 25.1. The highest BCUT2D eigenvalue weighted by Crippen LogP contribution is 2.27. The third-order valence-electron chi connectivity index (χ3n) is 6.94. The number of benzene rings is 1. The number of nitrogens with one attached hydrogen (secondary N) is 3. The summed E-state index contributed by atoms with van der Waals surface area (Å²) in [5, 5.41) is 26.8. The molecule has 0 aliphatic heterocycles. The van der Waals surface area contributed by atoms with Gasteiger partial charge in [-0.25, -0.2) is 9.52 Å². The van der Waals surface area contributed by atoms with Crippen LogP contribution in [0.2, 0.25) is 0 Å². The Morgan fingerprint density at radius 1 is 1.02 bits per heavy atom. The summed E-state index contributed by atoms with van der Waals surface area (Å²) in [4.78, 5) is 33.7.